The number of hydrogen-bond acceptors (Lipinski definition) is 9. The molecule has 46 heavy (non-hydrogen) atoms. The van der Waals surface area contributed by atoms with E-state index in [-0.39, 0.29) is 43.0 Å². The molecule has 0 radical (unpaired) electrons. The molecule has 2 aliphatic heterocycles. The van der Waals surface area contributed by atoms with Gasteiger partial charge in [0.05, 0.1) is 31.1 Å². The molecule has 1 saturated heterocycles. The summed E-state index contributed by atoms with van der Waals surface area (Å²) in [6.07, 6.45) is 8.76. The molecule has 2 aromatic rings. The number of hydrogen-bond donors (Lipinski definition) is 3. The summed E-state index contributed by atoms with van der Waals surface area (Å²) in [7, 11) is -2.27. The minimum atomic E-state index is -3.84. The fraction of sp³-hybridized carbons (Fsp3) is 0.576. The van der Waals surface area contributed by atoms with Crippen molar-refractivity contribution in [2.45, 2.75) is 87.8 Å². The second kappa shape index (κ2) is 12.5. The summed E-state index contributed by atoms with van der Waals surface area (Å²) in [5.41, 5.74) is 5.08. The van der Waals surface area contributed by atoms with Crippen LogP contribution in [0, 0.1) is 17.8 Å². The van der Waals surface area contributed by atoms with Crippen molar-refractivity contribution in [3.63, 3.8) is 0 Å². The van der Waals surface area contributed by atoms with Crippen LogP contribution >= 0.6 is 0 Å². The number of aromatic nitrogens is 1. The van der Waals surface area contributed by atoms with E-state index < -0.39 is 50.8 Å². The second-order valence-electron chi connectivity index (χ2n) is 13.4. The van der Waals surface area contributed by atoms with Crippen molar-refractivity contribution in [2.24, 2.45) is 23.5 Å². The zero-order valence-electron chi connectivity index (χ0n) is 26.5. The van der Waals surface area contributed by atoms with Crippen LogP contribution < -0.4 is 25.2 Å². The third kappa shape index (κ3) is 6.31. The molecular weight excluding hydrogens is 610 g/mol. The van der Waals surface area contributed by atoms with E-state index in [1.165, 1.54) is 4.90 Å². The number of nitrogens with zero attached hydrogens (tertiary/aromatic N) is 2. The fourth-order valence-corrected chi connectivity index (χ4v) is 8.06. The Hall–Kier alpha value is -3.71. The first kappa shape index (κ1) is 32.2. The van der Waals surface area contributed by atoms with E-state index in [4.69, 9.17) is 15.2 Å². The van der Waals surface area contributed by atoms with Gasteiger partial charge in [0.25, 0.3) is 5.91 Å². The number of ether oxygens (including phenoxy) is 2. The molecule has 1 aromatic carbocycles. The molecule has 1 aromatic heterocycles. The Morgan fingerprint density at radius 3 is 2.57 bits per heavy atom. The van der Waals surface area contributed by atoms with Crippen molar-refractivity contribution in [3.05, 3.63) is 42.6 Å². The number of benzene rings is 1. The lowest BCUT2D eigenvalue weighted by Gasteiger charge is -2.30. The summed E-state index contributed by atoms with van der Waals surface area (Å²) < 4.78 is 39.5. The van der Waals surface area contributed by atoms with Crippen LogP contribution in [0.1, 0.15) is 58.8 Å². The highest BCUT2D eigenvalue weighted by atomic mass is 32.2. The molecule has 4 aliphatic rings. The maximum Gasteiger partial charge on any atom is 0.259 e. The number of rotatable bonds is 6. The first-order chi connectivity index (χ1) is 21.9. The fourth-order valence-electron chi connectivity index (χ4n) is 6.69. The van der Waals surface area contributed by atoms with E-state index in [9.17, 15) is 22.8 Å². The number of amides is 3. The summed E-state index contributed by atoms with van der Waals surface area (Å²) >= 11 is 0. The van der Waals surface area contributed by atoms with Gasteiger partial charge in [-0.2, -0.15) is 0 Å². The summed E-state index contributed by atoms with van der Waals surface area (Å²) in [5, 5.41) is 3.83. The molecule has 1 unspecified atom stereocenters. The van der Waals surface area contributed by atoms with Gasteiger partial charge < -0.3 is 25.4 Å². The maximum absolute atomic E-state index is 14.1. The molecule has 13 heteroatoms. The van der Waals surface area contributed by atoms with E-state index in [0.717, 1.165) is 30.0 Å². The van der Waals surface area contributed by atoms with Gasteiger partial charge in [-0.3, -0.25) is 19.1 Å². The summed E-state index contributed by atoms with van der Waals surface area (Å²) in [5.74, 6) is -1.04. The predicted molar refractivity (Wildman–Crippen MR) is 171 cm³/mol. The van der Waals surface area contributed by atoms with Crippen LogP contribution in [0.3, 0.4) is 0 Å². The van der Waals surface area contributed by atoms with Gasteiger partial charge in [0.2, 0.25) is 27.7 Å². The van der Waals surface area contributed by atoms with Crippen molar-refractivity contribution < 1.29 is 32.3 Å². The second-order valence-corrected chi connectivity index (χ2v) is 15.4. The van der Waals surface area contributed by atoms with Gasteiger partial charge in [0.1, 0.15) is 23.4 Å². The normalized spacial score (nSPS) is 32.0. The average Bonchev–Trinajstić information content (AvgIpc) is 3.96. The minimum Gasteiger partial charge on any atom is -0.494 e. The maximum atomic E-state index is 14.1. The van der Waals surface area contributed by atoms with Crippen molar-refractivity contribution in [2.75, 3.05) is 13.7 Å². The Morgan fingerprint density at radius 2 is 1.85 bits per heavy atom. The number of nitrogens with one attached hydrogen (secondary N) is 2. The number of nitrogens with two attached hydrogens (primary N) is 1. The van der Waals surface area contributed by atoms with Crippen molar-refractivity contribution in [1.82, 2.24) is 19.9 Å². The lowest BCUT2D eigenvalue weighted by atomic mass is 9.92. The van der Waals surface area contributed by atoms with E-state index in [0.29, 0.717) is 24.5 Å². The highest BCUT2D eigenvalue weighted by Crippen LogP contribution is 2.46. The smallest absolute Gasteiger partial charge is 0.259 e. The van der Waals surface area contributed by atoms with E-state index in [1.54, 1.807) is 13.3 Å². The van der Waals surface area contributed by atoms with Crippen molar-refractivity contribution >= 4 is 38.5 Å². The standard InChI is InChI=1S/C33H43N5O7S/c1-19-7-6-8-20(2)28(34)31(40)38-18-22(45-30-25-10-5-4-9-24(25)27(44-3)17-35-30)15-26(38)29(39)36-33(16-21(33)12-11-19)32(41)37-46(42,43)23-13-14-23/h4-5,9-12,17,19-23,26,28H,6-8,13-16,18,34H2,1-3H3,(H,36,39)(H,37,41)/t19?,20-,21-,22-,26+,28+,33-/m1/s1. The molecular formula is C33H43N5O7S. The number of fused-ring (bicyclic) bond motifs is 3. The van der Waals surface area contributed by atoms with Gasteiger partial charge >= 0.3 is 0 Å². The number of sulfonamides is 1. The number of allylic oxidation sites excluding steroid dienone is 1. The quantitative estimate of drug-likeness (QED) is 0.396. The third-order valence-electron chi connectivity index (χ3n) is 9.92. The Morgan fingerprint density at radius 1 is 1.11 bits per heavy atom. The highest BCUT2D eigenvalue weighted by Gasteiger charge is 2.62. The van der Waals surface area contributed by atoms with Crippen LogP contribution in [0.25, 0.3) is 10.8 Å². The topological polar surface area (TPSA) is 170 Å². The summed E-state index contributed by atoms with van der Waals surface area (Å²) in [6.45, 7) is 4.11. The Balaban J connectivity index is 1.30. The molecule has 0 bridgehead atoms. The number of methoxy groups -OCH3 is 1. The third-order valence-corrected chi connectivity index (χ3v) is 11.7. The molecule has 6 rings (SSSR count). The number of carbonyl (C=O) groups excluding carboxylic acids is 3. The van der Waals surface area contributed by atoms with Gasteiger partial charge in [0.15, 0.2) is 0 Å². The Labute approximate surface area is 269 Å². The first-order valence-corrected chi connectivity index (χ1v) is 17.7. The lowest BCUT2D eigenvalue weighted by Crippen LogP contribution is -2.58. The molecule has 3 fully saturated rings. The number of carbonyl (C=O) groups is 3. The Kier molecular flexibility index (Phi) is 8.75. The molecule has 12 nitrogen and oxygen atoms in total. The number of pyridine rings is 1. The molecule has 248 valence electrons. The monoisotopic (exact) mass is 653 g/mol. The van der Waals surface area contributed by atoms with Crippen LogP contribution in [0.2, 0.25) is 0 Å². The minimum absolute atomic E-state index is 0.0923. The van der Waals surface area contributed by atoms with E-state index in [2.05, 4.69) is 21.9 Å². The van der Waals surface area contributed by atoms with Crippen LogP contribution in [0.15, 0.2) is 42.6 Å². The van der Waals surface area contributed by atoms with Crippen LogP contribution in [0.4, 0.5) is 0 Å². The zero-order valence-corrected chi connectivity index (χ0v) is 27.3. The summed E-state index contributed by atoms with van der Waals surface area (Å²) in [6, 6.07) is 5.69. The molecule has 2 saturated carbocycles. The van der Waals surface area contributed by atoms with Crippen LogP contribution in [0.5, 0.6) is 11.6 Å². The molecule has 4 N–H and O–H groups in total. The molecule has 7 atom stereocenters. The van der Waals surface area contributed by atoms with Gasteiger partial charge in [0, 0.05) is 23.1 Å². The highest BCUT2D eigenvalue weighted by molar-refractivity contribution is 7.91. The molecule has 2 aliphatic carbocycles. The van der Waals surface area contributed by atoms with E-state index in [1.807, 2.05) is 43.3 Å². The zero-order chi connectivity index (χ0) is 32.8. The summed E-state index contributed by atoms with van der Waals surface area (Å²) in [4.78, 5) is 47.5. The molecule has 3 amide bonds. The first-order valence-electron chi connectivity index (χ1n) is 16.1. The van der Waals surface area contributed by atoms with Crippen molar-refractivity contribution in [1.29, 1.82) is 0 Å². The lowest BCUT2D eigenvalue weighted by molar-refractivity contribution is -0.141. The van der Waals surface area contributed by atoms with Crippen molar-refractivity contribution in [3.8, 4) is 11.6 Å². The van der Waals surface area contributed by atoms with Gasteiger partial charge in [-0.05, 0) is 50.0 Å². The van der Waals surface area contributed by atoms with Crippen LogP contribution in [-0.2, 0) is 24.4 Å². The van der Waals surface area contributed by atoms with Gasteiger partial charge in [-0.1, -0.05) is 50.6 Å². The van der Waals surface area contributed by atoms with Gasteiger partial charge in [-0.15, -0.1) is 0 Å². The molecule has 3 heterocycles. The largest absolute Gasteiger partial charge is 0.494 e. The average molecular weight is 654 g/mol. The Bertz CT molecular complexity index is 1660. The van der Waals surface area contributed by atoms with Gasteiger partial charge in [-0.25, -0.2) is 13.4 Å². The predicted octanol–water partition coefficient (Wildman–Crippen LogP) is 2.41. The molecule has 0 spiro atoms. The van der Waals surface area contributed by atoms with E-state index >= 15 is 0 Å². The SMILES string of the molecule is COc1cnc(O[C@@H]2C[C@H]3C(=O)N[C@]4(C(=O)NS(=O)(=O)C5CC5)C[C@H]4C=CC(C)CCC[C@@H](C)[C@H](N)C(=O)N3C2)c2ccccc12. The van der Waals surface area contributed by atoms with Crippen LogP contribution in [-0.4, -0.2) is 78.7 Å².